The summed E-state index contributed by atoms with van der Waals surface area (Å²) in [7, 11) is 0. The van der Waals surface area contributed by atoms with E-state index in [1.807, 2.05) is 43.3 Å². The van der Waals surface area contributed by atoms with E-state index in [2.05, 4.69) is 4.85 Å². The lowest BCUT2D eigenvalue weighted by Crippen LogP contribution is -2.25. The number of aliphatic hydroxyl groups is 1. The molecular formula is C23H20N2O4. The maximum Gasteiger partial charge on any atom is 0.205 e. The molecule has 2 aliphatic heterocycles. The van der Waals surface area contributed by atoms with Gasteiger partial charge in [0.1, 0.15) is 11.2 Å². The highest BCUT2D eigenvalue weighted by molar-refractivity contribution is 6.00. The number of hydrogen-bond donors (Lipinski definition) is 3. The van der Waals surface area contributed by atoms with Gasteiger partial charge in [0, 0.05) is 13.0 Å². The van der Waals surface area contributed by atoms with Gasteiger partial charge in [0.2, 0.25) is 11.8 Å². The smallest absolute Gasteiger partial charge is 0.205 e. The Bertz CT molecular complexity index is 1240. The standard InChI is InChI=1S/C23H20N2O4/c1-3-22-10-11-23(29-22,12-13-26)19-18(22)20(27)25(21(19)28)17-9-8-16(24-2)14-6-4-5-7-15(14)17/h4-11,26-28H,3,12-13H2,1H3. The van der Waals surface area contributed by atoms with Crippen LogP contribution in [0, 0.1) is 6.57 Å². The third kappa shape index (κ3) is 2.06. The van der Waals surface area contributed by atoms with Crippen LogP contribution in [-0.4, -0.2) is 26.5 Å². The van der Waals surface area contributed by atoms with Crippen molar-refractivity contribution in [2.45, 2.75) is 31.0 Å². The summed E-state index contributed by atoms with van der Waals surface area (Å²) >= 11 is 0. The monoisotopic (exact) mass is 388 g/mol. The van der Waals surface area contributed by atoms with E-state index in [1.54, 1.807) is 12.1 Å². The van der Waals surface area contributed by atoms with Crippen molar-refractivity contribution in [2.75, 3.05) is 6.61 Å². The van der Waals surface area contributed by atoms with Gasteiger partial charge in [-0.05, 0) is 35.4 Å². The first-order valence-corrected chi connectivity index (χ1v) is 9.60. The molecule has 1 aromatic heterocycles. The van der Waals surface area contributed by atoms with Crippen LogP contribution in [0.5, 0.6) is 11.8 Å². The van der Waals surface area contributed by atoms with Crippen LogP contribution in [0.1, 0.15) is 30.9 Å². The molecule has 0 saturated heterocycles. The summed E-state index contributed by atoms with van der Waals surface area (Å²) in [6.45, 7) is 9.26. The lowest BCUT2D eigenvalue weighted by molar-refractivity contribution is -0.0838. The van der Waals surface area contributed by atoms with Crippen LogP contribution in [0.25, 0.3) is 21.3 Å². The second-order valence-corrected chi connectivity index (χ2v) is 7.54. The Morgan fingerprint density at radius 3 is 2.31 bits per heavy atom. The number of aliphatic hydroxyl groups excluding tert-OH is 1. The van der Waals surface area contributed by atoms with Crippen molar-refractivity contribution in [2.24, 2.45) is 0 Å². The van der Waals surface area contributed by atoms with E-state index in [-0.39, 0.29) is 24.8 Å². The van der Waals surface area contributed by atoms with E-state index in [1.165, 1.54) is 4.57 Å². The molecule has 2 bridgehead atoms. The normalized spacial score (nSPS) is 24.2. The first-order chi connectivity index (χ1) is 14.0. The summed E-state index contributed by atoms with van der Waals surface area (Å²) in [6, 6.07) is 10.9. The van der Waals surface area contributed by atoms with E-state index in [0.29, 0.717) is 28.9 Å². The zero-order chi connectivity index (χ0) is 20.4. The molecule has 29 heavy (non-hydrogen) atoms. The SMILES string of the molecule is [C-]#[N+]c1ccc(-n2c(O)c3c(c2O)C2(CCO)C=CC3(CC)O2)c2ccccc12. The van der Waals surface area contributed by atoms with E-state index >= 15 is 0 Å². The second-order valence-electron chi connectivity index (χ2n) is 7.54. The topological polar surface area (TPSA) is 79.2 Å². The fourth-order valence-electron chi connectivity index (χ4n) is 4.86. The van der Waals surface area contributed by atoms with E-state index in [0.717, 1.165) is 10.8 Å². The molecule has 0 spiro atoms. The number of aromatic hydroxyl groups is 2. The van der Waals surface area contributed by atoms with Crippen molar-refractivity contribution >= 4 is 16.5 Å². The lowest BCUT2D eigenvalue weighted by atomic mass is 9.81. The molecule has 2 atom stereocenters. The Labute approximate surface area is 167 Å². The molecule has 3 heterocycles. The number of hydrogen-bond acceptors (Lipinski definition) is 4. The number of nitrogens with zero attached hydrogens (tertiary/aromatic N) is 2. The average molecular weight is 388 g/mol. The lowest BCUT2D eigenvalue weighted by Gasteiger charge is -2.26. The number of ether oxygens (including phenoxy) is 1. The van der Waals surface area contributed by atoms with Crippen molar-refractivity contribution in [3.05, 3.63) is 71.1 Å². The Morgan fingerprint density at radius 2 is 1.66 bits per heavy atom. The van der Waals surface area contributed by atoms with Crippen molar-refractivity contribution < 1.29 is 20.1 Å². The minimum Gasteiger partial charge on any atom is -0.494 e. The Morgan fingerprint density at radius 1 is 1.00 bits per heavy atom. The Balaban J connectivity index is 1.83. The highest BCUT2D eigenvalue weighted by atomic mass is 16.5. The van der Waals surface area contributed by atoms with Gasteiger partial charge in [-0.3, -0.25) is 4.57 Å². The van der Waals surface area contributed by atoms with Gasteiger partial charge in [-0.25, -0.2) is 4.85 Å². The molecule has 0 aliphatic carbocycles. The summed E-state index contributed by atoms with van der Waals surface area (Å²) in [4.78, 5) is 3.58. The van der Waals surface area contributed by atoms with Crippen LogP contribution in [-0.2, 0) is 15.9 Å². The third-order valence-corrected chi connectivity index (χ3v) is 6.20. The van der Waals surface area contributed by atoms with Gasteiger partial charge in [0.15, 0.2) is 5.69 Å². The summed E-state index contributed by atoms with van der Waals surface area (Å²) in [6.07, 6.45) is 4.65. The van der Waals surface area contributed by atoms with Crippen molar-refractivity contribution in [1.29, 1.82) is 0 Å². The average Bonchev–Trinajstić information content (AvgIpc) is 3.34. The molecule has 2 unspecified atom stereocenters. The largest absolute Gasteiger partial charge is 0.494 e. The molecule has 3 aromatic rings. The molecule has 0 radical (unpaired) electrons. The maximum atomic E-state index is 11.2. The quantitative estimate of drug-likeness (QED) is 0.458. The molecule has 6 heteroatoms. The predicted octanol–water partition coefficient (Wildman–Crippen LogP) is 4.38. The summed E-state index contributed by atoms with van der Waals surface area (Å²) < 4.78 is 7.70. The summed E-state index contributed by atoms with van der Waals surface area (Å²) in [5.41, 5.74) is 0.360. The van der Waals surface area contributed by atoms with Crippen molar-refractivity contribution in [3.63, 3.8) is 0 Å². The van der Waals surface area contributed by atoms with Crippen LogP contribution >= 0.6 is 0 Å². The number of rotatable bonds is 4. The van der Waals surface area contributed by atoms with Crippen LogP contribution < -0.4 is 0 Å². The summed E-state index contributed by atoms with van der Waals surface area (Å²) in [5, 5.41) is 33.6. The van der Waals surface area contributed by atoms with Crippen LogP contribution in [0.15, 0.2) is 48.6 Å². The molecule has 2 aromatic carbocycles. The fraction of sp³-hybridized carbons (Fsp3) is 0.261. The minimum absolute atomic E-state index is 0.0794. The van der Waals surface area contributed by atoms with Gasteiger partial charge in [0.25, 0.3) is 0 Å². The zero-order valence-corrected chi connectivity index (χ0v) is 15.9. The third-order valence-electron chi connectivity index (χ3n) is 6.20. The summed E-state index contributed by atoms with van der Waals surface area (Å²) in [5.74, 6) is -0.185. The molecule has 3 N–H and O–H groups in total. The minimum atomic E-state index is -0.959. The fourth-order valence-corrected chi connectivity index (χ4v) is 4.86. The van der Waals surface area contributed by atoms with Gasteiger partial charge in [-0.15, -0.1) is 0 Å². The van der Waals surface area contributed by atoms with Crippen molar-refractivity contribution in [1.82, 2.24) is 4.57 Å². The maximum absolute atomic E-state index is 11.2. The van der Waals surface area contributed by atoms with Gasteiger partial charge < -0.3 is 20.1 Å². The Hall–Kier alpha value is -3.27. The van der Waals surface area contributed by atoms with E-state index in [9.17, 15) is 15.3 Å². The van der Waals surface area contributed by atoms with Crippen LogP contribution in [0.4, 0.5) is 5.69 Å². The molecule has 0 amide bonds. The zero-order valence-electron chi connectivity index (χ0n) is 15.9. The molecule has 6 nitrogen and oxygen atoms in total. The van der Waals surface area contributed by atoms with Crippen molar-refractivity contribution in [3.8, 4) is 17.4 Å². The number of fused-ring (bicyclic) bond motifs is 6. The van der Waals surface area contributed by atoms with Gasteiger partial charge in [-0.1, -0.05) is 37.3 Å². The highest BCUT2D eigenvalue weighted by Crippen LogP contribution is 2.63. The highest BCUT2D eigenvalue weighted by Gasteiger charge is 2.59. The molecule has 146 valence electrons. The molecule has 0 fully saturated rings. The van der Waals surface area contributed by atoms with E-state index < -0.39 is 11.2 Å². The van der Waals surface area contributed by atoms with Crippen LogP contribution in [0.2, 0.25) is 0 Å². The van der Waals surface area contributed by atoms with Gasteiger partial charge >= 0.3 is 0 Å². The van der Waals surface area contributed by atoms with Gasteiger partial charge in [-0.2, -0.15) is 0 Å². The first kappa shape index (κ1) is 17.8. The number of benzene rings is 2. The Kier molecular flexibility index (Phi) is 3.60. The molecule has 5 rings (SSSR count). The predicted molar refractivity (Wildman–Crippen MR) is 108 cm³/mol. The second kappa shape index (κ2) is 5.86. The van der Waals surface area contributed by atoms with Crippen LogP contribution in [0.3, 0.4) is 0 Å². The molecular weight excluding hydrogens is 368 g/mol. The number of aromatic nitrogens is 1. The first-order valence-electron chi connectivity index (χ1n) is 9.60. The molecule has 0 saturated carbocycles. The van der Waals surface area contributed by atoms with E-state index in [4.69, 9.17) is 11.3 Å². The molecule has 2 aliphatic rings. The van der Waals surface area contributed by atoms with Gasteiger partial charge in [0.05, 0.1) is 23.4 Å².